The molecule has 1 atom stereocenters. The highest BCUT2D eigenvalue weighted by atomic mass is 16.4. The van der Waals surface area contributed by atoms with Crippen molar-refractivity contribution < 1.29 is 19.1 Å². The lowest BCUT2D eigenvalue weighted by molar-refractivity contribution is -0.139. The Morgan fingerprint density at radius 1 is 1.40 bits per heavy atom. The molecule has 6 nitrogen and oxygen atoms in total. The molecule has 20 heavy (non-hydrogen) atoms. The number of rotatable bonds is 6. The molecule has 0 aliphatic carbocycles. The van der Waals surface area contributed by atoms with E-state index in [1.54, 1.807) is 13.1 Å². The standard InChI is InChI=1S/C14H22N2O4/c1-9(2)7-12(13(17)18)15-14(19)16(4)8-11-6-5-10(3)20-11/h5-6,9,12H,7-8H2,1-4H3,(H,15,19)(H,17,18)/t12-/m1/s1. The van der Waals surface area contributed by atoms with Gasteiger partial charge in [-0.2, -0.15) is 0 Å². The Balaban J connectivity index is 2.57. The molecule has 0 saturated carbocycles. The van der Waals surface area contributed by atoms with Crippen LogP contribution in [0.1, 0.15) is 31.8 Å². The highest BCUT2D eigenvalue weighted by Gasteiger charge is 2.23. The fourth-order valence-electron chi connectivity index (χ4n) is 1.83. The van der Waals surface area contributed by atoms with Gasteiger partial charge in [-0.05, 0) is 31.4 Å². The van der Waals surface area contributed by atoms with Gasteiger partial charge in [0.1, 0.15) is 17.6 Å². The summed E-state index contributed by atoms with van der Waals surface area (Å²) in [6, 6.07) is 2.32. The average Bonchev–Trinajstić information content (AvgIpc) is 2.72. The number of nitrogens with zero attached hydrogens (tertiary/aromatic N) is 1. The number of furan rings is 1. The van der Waals surface area contributed by atoms with E-state index >= 15 is 0 Å². The largest absolute Gasteiger partial charge is 0.480 e. The van der Waals surface area contributed by atoms with Crippen molar-refractivity contribution in [3.05, 3.63) is 23.7 Å². The third kappa shape index (κ3) is 4.95. The molecule has 0 saturated heterocycles. The van der Waals surface area contributed by atoms with Crippen molar-refractivity contribution in [1.82, 2.24) is 10.2 Å². The Bertz CT molecular complexity index is 467. The Morgan fingerprint density at radius 2 is 2.05 bits per heavy atom. The van der Waals surface area contributed by atoms with Crippen LogP contribution >= 0.6 is 0 Å². The monoisotopic (exact) mass is 282 g/mol. The molecule has 0 aromatic carbocycles. The van der Waals surface area contributed by atoms with Crippen molar-refractivity contribution in [2.24, 2.45) is 5.92 Å². The third-order valence-electron chi connectivity index (χ3n) is 2.84. The molecule has 1 aromatic heterocycles. The number of amides is 2. The summed E-state index contributed by atoms with van der Waals surface area (Å²) in [5.74, 6) is 0.608. The Kier molecular flexibility index (Phi) is 5.61. The first-order chi connectivity index (χ1) is 9.29. The summed E-state index contributed by atoms with van der Waals surface area (Å²) in [6.45, 7) is 5.95. The Hall–Kier alpha value is -1.98. The maximum atomic E-state index is 12.0. The van der Waals surface area contributed by atoms with E-state index in [2.05, 4.69) is 5.32 Å². The molecule has 1 heterocycles. The van der Waals surface area contributed by atoms with Crippen molar-refractivity contribution in [2.75, 3.05) is 7.05 Å². The fraction of sp³-hybridized carbons (Fsp3) is 0.571. The average molecular weight is 282 g/mol. The number of aryl methyl sites for hydroxylation is 1. The Morgan fingerprint density at radius 3 is 2.50 bits per heavy atom. The number of aliphatic carboxylic acids is 1. The second kappa shape index (κ2) is 6.98. The van der Waals surface area contributed by atoms with Crippen molar-refractivity contribution in [2.45, 2.75) is 39.8 Å². The summed E-state index contributed by atoms with van der Waals surface area (Å²) in [4.78, 5) is 24.5. The predicted molar refractivity (Wildman–Crippen MR) is 74.3 cm³/mol. The number of carbonyl (C=O) groups excluding carboxylic acids is 1. The van der Waals surface area contributed by atoms with Crippen molar-refractivity contribution >= 4 is 12.0 Å². The molecule has 6 heteroatoms. The van der Waals surface area contributed by atoms with Crippen molar-refractivity contribution in [1.29, 1.82) is 0 Å². The summed E-state index contributed by atoms with van der Waals surface area (Å²) in [7, 11) is 1.60. The van der Waals surface area contributed by atoms with E-state index in [-0.39, 0.29) is 5.92 Å². The lowest BCUT2D eigenvalue weighted by atomic mass is 10.0. The maximum Gasteiger partial charge on any atom is 0.326 e. The molecular weight excluding hydrogens is 260 g/mol. The van der Waals surface area contributed by atoms with E-state index in [0.717, 1.165) is 5.76 Å². The van der Waals surface area contributed by atoms with E-state index in [0.29, 0.717) is 18.7 Å². The highest BCUT2D eigenvalue weighted by molar-refractivity contribution is 5.82. The van der Waals surface area contributed by atoms with Gasteiger partial charge in [-0.25, -0.2) is 9.59 Å². The van der Waals surface area contributed by atoms with Gasteiger partial charge in [0.15, 0.2) is 0 Å². The van der Waals surface area contributed by atoms with E-state index < -0.39 is 18.0 Å². The normalized spacial score (nSPS) is 12.2. The topological polar surface area (TPSA) is 82.8 Å². The number of urea groups is 1. The van der Waals surface area contributed by atoms with E-state index in [1.807, 2.05) is 26.8 Å². The summed E-state index contributed by atoms with van der Waals surface area (Å²) < 4.78 is 5.38. The summed E-state index contributed by atoms with van der Waals surface area (Å²) >= 11 is 0. The molecule has 0 unspecified atom stereocenters. The lowest BCUT2D eigenvalue weighted by Crippen LogP contribution is -2.46. The van der Waals surface area contributed by atoms with Crippen LogP contribution in [0.15, 0.2) is 16.5 Å². The van der Waals surface area contributed by atoms with Crippen LogP contribution < -0.4 is 5.32 Å². The van der Waals surface area contributed by atoms with Gasteiger partial charge in [0, 0.05) is 7.05 Å². The number of carbonyl (C=O) groups is 2. The molecule has 1 aromatic rings. The molecule has 0 aliphatic heterocycles. The van der Waals surface area contributed by atoms with Crippen LogP contribution in [0.25, 0.3) is 0 Å². The van der Waals surface area contributed by atoms with Gasteiger partial charge in [-0.3, -0.25) is 0 Å². The fourth-order valence-corrected chi connectivity index (χ4v) is 1.83. The summed E-state index contributed by atoms with van der Waals surface area (Å²) in [5, 5.41) is 11.6. The lowest BCUT2D eigenvalue weighted by Gasteiger charge is -2.21. The number of hydrogen-bond acceptors (Lipinski definition) is 3. The molecule has 0 fully saturated rings. The zero-order valence-electron chi connectivity index (χ0n) is 12.3. The molecule has 2 N–H and O–H groups in total. The van der Waals surface area contributed by atoms with Crippen LogP contribution in [0.2, 0.25) is 0 Å². The molecule has 0 radical (unpaired) electrons. The van der Waals surface area contributed by atoms with Gasteiger partial charge in [0.05, 0.1) is 6.54 Å². The molecule has 0 bridgehead atoms. The SMILES string of the molecule is Cc1ccc(CN(C)C(=O)N[C@H](CC(C)C)C(=O)O)o1. The van der Waals surface area contributed by atoms with Crippen LogP contribution in [0, 0.1) is 12.8 Å². The number of hydrogen-bond donors (Lipinski definition) is 2. The Labute approximate surface area is 118 Å². The van der Waals surface area contributed by atoms with Gasteiger partial charge < -0.3 is 19.7 Å². The molecule has 0 spiro atoms. The minimum atomic E-state index is -1.02. The molecule has 2 amide bonds. The minimum absolute atomic E-state index is 0.189. The maximum absolute atomic E-state index is 12.0. The quantitative estimate of drug-likeness (QED) is 0.838. The second-order valence-corrected chi connectivity index (χ2v) is 5.34. The highest BCUT2D eigenvalue weighted by Crippen LogP contribution is 2.10. The van der Waals surface area contributed by atoms with E-state index in [9.17, 15) is 9.59 Å². The second-order valence-electron chi connectivity index (χ2n) is 5.34. The van der Waals surface area contributed by atoms with Gasteiger partial charge in [-0.1, -0.05) is 13.8 Å². The van der Waals surface area contributed by atoms with Gasteiger partial charge in [0.2, 0.25) is 0 Å². The van der Waals surface area contributed by atoms with Gasteiger partial charge in [-0.15, -0.1) is 0 Å². The van der Waals surface area contributed by atoms with Gasteiger partial charge >= 0.3 is 12.0 Å². The molecular formula is C14H22N2O4. The van der Waals surface area contributed by atoms with Crippen molar-refractivity contribution in [3.8, 4) is 0 Å². The molecule has 0 aliphatic rings. The van der Waals surface area contributed by atoms with Crippen molar-refractivity contribution in [3.63, 3.8) is 0 Å². The smallest absolute Gasteiger partial charge is 0.326 e. The molecule has 112 valence electrons. The number of carboxylic acids is 1. The molecule has 1 rings (SSSR count). The number of carboxylic acid groups (broad SMARTS) is 1. The van der Waals surface area contributed by atoms with Crippen LogP contribution in [0.4, 0.5) is 4.79 Å². The van der Waals surface area contributed by atoms with Crippen LogP contribution in [-0.2, 0) is 11.3 Å². The van der Waals surface area contributed by atoms with Gasteiger partial charge in [0.25, 0.3) is 0 Å². The van der Waals surface area contributed by atoms with E-state index in [1.165, 1.54) is 4.90 Å². The first-order valence-corrected chi connectivity index (χ1v) is 6.59. The first-order valence-electron chi connectivity index (χ1n) is 6.59. The van der Waals surface area contributed by atoms with Crippen LogP contribution in [0.5, 0.6) is 0 Å². The first kappa shape index (κ1) is 16.1. The number of nitrogens with one attached hydrogen (secondary N) is 1. The predicted octanol–water partition coefficient (Wildman–Crippen LogP) is 2.23. The summed E-state index contributed by atoms with van der Waals surface area (Å²) in [6.07, 6.45) is 0.398. The minimum Gasteiger partial charge on any atom is -0.480 e. The van der Waals surface area contributed by atoms with Crippen LogP contribution in [-0.4, -0.2) is 35.1 Å². The third-order valence-corrected chi connectivity index (χ3v) is 2.84. The van der Waals surface area contributed by atoms with E-state index in [4.69, 9.17) is 9.52 Å². The van der Waals surface area contributed by atoms with Crippen LogP contribution in [0.3, 0.4) is 0 Å². The zero-order valence-corrected chi connectivity index (χ0v) is 12.3. The zero-order chi connectivity index (χ0) is 15.3. The summed E-state index contributed by atoms with van der Waals surface area (Å²) in [5.41, 5.74) is 0.